The van der Waals surface area contributed by atoms with Crippen molar-refractivity contribution in [3.63, 3.8) is 0 Å². The van der Waals surface area contributed by atoms with Gasteiger partial charge in [0.25, 0.3) is 5.95 Å². The Morgan fingerprint density at radius 1 is 1.50 bits per heavy atom. The molecular formula is C11H11N7O2. The SMILES string of the molecule is COc1cc(/C=N/n2nnnc2N)ccc1OCC#N. The number of anilines is 1. The Morgan fingerprint density at radius 2 is 2.35 bits per heavy atom. The fourth-order valence-corrected chi connectivity index (χ4v) is 1.39. The second-order valence-electron chi connectivity index (χ2n) is 3.53. The summed E-state index contributed by atoms with van der Waals surface area (Å²) in [6.07, 6.45) is 1.52. The molecular weight excluding hydrogens is 262 g/mol. The molecule has 102 valence electrons. The van der Waals surface area contributed by atoms with Gasteiger partial charge >= 0.3 is 0 Å². The van der Waals surface area contributed by atoms with Gasteiger partial charge in [-0.1, -0.05) is 9.89 Å². The maximum absolute atomic E-state index is 8.49. The number of rotatable bonds is 5. The highest BCUT2D eigenvalue weighted by Gasteiger charge is 2.05. The van der Waals surface area contributed by atoms with Crippen LogP contribution in [0.1, 0.15) is 5.56 Å². The molecule has 0 radical (unpaired) electrons. The summed E-state index contributed by atoms with van der Waals surface area (Å²) in [5.74, 6) is 1.06. The topological polar surface area (TPSA) is 124 Å². The molecule has 20 heavy (non-hydrogen) atoms. The molecule has 0 aliphatic heterocycles. The third-order valence-electron chi connectivity index (χ3n) is 2.27. The number of nitrogens with zero attached hydrogens (tertiary/aromatic N) is 6. The Kier molecular flexibility index (Phi) is 4.08. The van der Waals surface area contributed by atoms with Gasteiger partial charge in [0, 0.05) is 0 Å². The van der Waals surface area contributed by atoms with E-state index in [9.17, 15) is 0 Å². The Bertz CT molecular complexity index is 659. The van der Waals surface area contributed by atoms with Crippen LogP contribution in [0.15, 0.2) is 23.3 Å². The summed E-state index contributed by atoms with van der Waals surface area (Å²) in [6.45, 7) is -0.0506. The molecule has 9 heteroatoms. The van der Waals surface area contributed by atoms with Gasteiger partial charge in [0.05, 0.1) is 13.3 Å². The van der Waals surface area contributed by atoms with E-state index < -0.39 is 0 Å². The Balaban J connectivity index is 2.19. The molecule has 9 nitrogen and oxygen atoms in total. The van der Waals surface area contributed by atoms with Crippen molar-refractivity contribution >= 4 is 12.2 Å². The summed E-state index contributed by atoms with van der Waals surface area (Å²) in [6, 6.07) is 7.02. The van der Waals surface area contributed by atoms with Gasteiger partial charge in [0.2, 0.25) is 0 Å². The number of ether oxygens (including phenoxy) is 2. The molecule has 0 aliphatic rings. The first-order chi connectivity index (χ1) is 9.74. The summed E-state index contributed by atoms with van der Waals surface area (Å²) in [5, 5.41) is 22.9. The van der Waals surface area contributed by atoms with Crippen LogP contribution in [-0.4, -0.2) is 40.2 Å². The van der Waals surface area contributed by atoms with E-state index in [2.05, 4.69) is 20.6 Å². The van der Waals surface area contributed by atoms with Gasteiger partial charge in [0.15, 0.2) is 18.1 Å². The van der Waals surface area contributed by atoms with Gasteiger partial charge in [-0.3, -0.25) is 0 Å². The number of hydrogen-bond donors (Lipinski definition) is 1. The van der Waals surface area contributed by atoms with Gasteiger partial charge in [-0.05, 0) is 34.2 Å². The number of aromatic nitrogens is 4. The third kappa shape index (κ3) is 2.99. The van der Waals surface area contributed by atoms with Crippen molar-refractivity contribution in [2.24, 2.45) is 5.10 Å². The largest absolute Gasteiger partial charge is 0.493 e. The zero-order valence-electron chi connectivity index (χ0n) is 10.6. The van der Waals surface area contributed by atoms with Crippen LogP contribution >= 0.6 is 0 Å². The third-order valence-corrected chi connectivity index (χ3v) is 2.27. The second kappa shape index (κ2) is 6.14. The van der Waals surface area contributed by atoms with Crippen molar-refractivity contribution in [3.8, 4) is 17.6 Å². The van der Waals surface area contributed by atoms with Crippen LogP contribution in [0.25, 0.3) is 0 Å². The van der Waals surface area contributed by atoms with Crippen molar-refractivity contribution in [2.75, 3.05) is 19.5 Å². The van der Waals surface area contributed by atoms with E-state index in [1.54, 1.807) is 18.2 Å². The molecule has 0 saturated heterocycles. The molecule has 0 amide bonds. The smallest absolute Gasteiger partial charge is 0.263 e. The normalized spacial score (nSPS) is 10.4. The molecule has 0 atom stereocenters. The Hall–Kier alpha value is -3.15. The van der Waals surface area contributed by atoms with E-state index in [0.29, 0.717) is 11.5 Å². The van der Waals surface area contributed by atoms with E-state index >= 15 is 0 Å². The molecule has 1 heterocycles. The highest BCUT2D eigenvalue weighted by Crippen LogP contribution is 2.27. The second-order valence-corrected chi connectivity index (χ2v) is 3.53. The fourth-order valence-electron chi connectivity index (χ4n) is 1.39. The van der Waals surface area contributed by atoms with Crippen LogP contribution in [0.2, 0.25) is 0 Å². The number of nitrogens with two attached hydrogens (primary N) is 1. The summed E-state index contributed by atoms with van der Waals surface area (Å²) in [7, 11) is 1.51. The minimum Gasteiger partial charge on any atom is -0.493 e. The first kappa shape index (κ1) is 13.3. The van der Waals surface area contributed by atoms with E-state index in [4.69, 9.17) is 20.5 Å². The number of tetrazole rings is 1. The molecule has 0 fully saturated rings. The van der Waals surface area contributed by atoms with Crippen molar-refractivity contribution in [3.05, 3.63) is 23.8 Å². The van der Waals surface area contributed by atoms with Crippen LogP contribution < -0.4 is 15.2 Å². The number of nitriles is 1. The molecule has 2 aromatic rings. The standard InChI is InChI=1S/C11H11N7O2/c1-19-10-6-8(2-3-9(10)20-5-4-12)7-14-18-11(13)15-16-17-18/h2-3,6-7H,5H2,1H3,(H2,13,15,17)/b14-7+. The lowest BCUT2D eigenvalue weighted by Gasteiger charge is -2.08. The van der Waals surface area contributed by atoms with Crippen LogP contribution in [-0.2, 0) is 0 Å². The number of hydrogen-bond acceptors (Lipinski definition) is 8. The highest BCUT2D eigenvalue weighted by atomic mass is 16.5. The predicted octanol–water partition coefficient (Wildman–Crippen LogP) is 0.0485. The lowest BCUT2D eigenvalue weighted by atomic mass is 10.2. The van der Waals surface area contributed by atoms with E-state index in [0.717, 1.165) is 10.4 Å². The highest BCUT2D eigenvalue weighted by molar-refractivity contribution is 5.80. The molecule has 1 aromatic carbocycles. The van der Waals surface area contributed by atoms with Gasteiger partial charge in [-0.15, -0.1) is 0 Å². The first-order valence-corrected chi connectivity index (χ1v) is 5.50. The average molecular weight is 273 g/mol. The molecule has 0 unspecified atom stereocenters. The van der Waals surface area contributed by atoms with Gasteiger partial charge in [-0.25, -0.2) is 0 Å². The van der Waals surface area contributed by atoms with Gasteiger partial charge < -0.3 is 15.2 Å². The zero-order valence-corrected chi connectivity index (χ0v) is 10.6. The Morgan fingerprint density at radius 3 is 3.00 bits per heavy atom. The molecule has 2 N–H and O–H groups in total. The van der Waals surface area contributed by atoms with E-state index in [1.165, 1.54) is 13.3 Å². The van der Waals surface area contributed by atoms with Crippen LogP contribution in [0.4, 0.5) is 5.95 Å². The average Bonchev–Trinajstić information content (AvgIpc) is 2.88. The summed E-state index contributed by atoms with van der Waals surface area (Å²) >= 11 is 0. The lowest BCUT2D eigenvalue weighted by molar-refractivity contribution is 0.329. The predicted molar refractivity (Wildman–Crippen MR) is 69.3 cm³/mol. The monoisotopic (exact) mass is 273 g/mol. The van der Waals surface area contributed by atoms with Crippen LogP contribution in [0.5, 0.6) is 11.5 Å². The summed E-state index contributed by atoms with van der Waals surface area (Å²) in [5.41, 5.74) is 6.21. The molecule has 0 saturated carbocycles. The van der Waals surface area contributed by atoms with Gasteiger partial charge in [0.1, 0.15) is 6.07 Å². The molecule has 2 rings (SSSR count). The van der Waals surface area contributed by atoms with E-state index in [1.807, 2.05) is 6.07 Å². The quantitative estimate of drug-likeness (QED) is 0.763. The minimum absolute atomic E-state index is 0.0506. The van der Waals surface area contributed by atoms with Crippen molar-refractivity contribution in [2.45, 2.75) is 0 Å². The first-order valence-electron chi connectivity index (χ1n) is 5.50. The van der Waals surface area contributed by atoms with E-state index in [-0.39, 0.29) is 12.6 Å². The van der Waals surface area contributed by atoms with Crippen molar-refractivity contribution in [1.29, 1.82) is 5.26 Å². The van der Waals surface area contributed by atoms with Crippen LogP contribution in [0, 0.1) is 11.3 Å². The molecule has 0 spiro atoms. The Labute approximate surface area is 114 Å². The van der Waals surface area contributed by atoms with Crippen molar-refractivity contribution < 1.29 is 9.47 Å². The summed E-state index contributed by atoms with van der Waals surface area (Å²) < 4.78 is 10.4. The number of methoxy groups -OCH3 is 1. The van der Waals surface area contributed by atoms with Crippen LogP contribution in [0.3, 0.4) is 0 Å². The molecule has 0 bridgehead atoms. The maximum atomic E-state index is 8.49. The summed E-state index contributed by atoms with van der Waals surface area (Å²) in [4.78, 5) is 1.09. The number of nitrogen functional groups attached to an aromatic ring is 1. The maximum Gasteiger partial charge on any atom is 0.263 e. The minimum atomic E-state index is -0.0506. The number of benzene rings is 1. The van der Waals surface area contributed by atoms with Gasteiger partial charge in [-0.2, -0.15) is 10.4 Å². The fraction of sp³-hybridized carbons (Fsp3) is 0.182. The molecule has 0 aliphatic carbocycles. The zero-order chi connectivity index (χ0) is 14.4. The lowest BCUT2D eigenvalue weighted by Crippen LogP contribution is -2.00. The van der Waals surface area contributed by atoms with Crippen molar-refractivity contribution in [1.82, 2.24) is 20.3 Å². The molecule has 1 aromatic heterocycles.